The second-order valence-corrected chi connectivity index (χ2v) is 5.76. The highest BCUT2D eigenvalue weighted by Gasteiger charge is 2.29. The highest BCUT2D eigenvalue weighted by Crippen LogP contribution is 2.18. The molecule has 1 fully saturated rings. The minimum atomic E-state index is -3.16. The number of hydrogen-bond donors (Lipinski definition) is 1. The Labute approximate surface area is 84.3 Å². The molecule has 1 amide bonds. The Kier molecular flexibility index (Phi) is 3.49. The van der Waals surface area contributed by atoms with Gasteiger partial charge in [-0.1, -0.05) is 0 Å². The van der Waals surface area contributed by atoms with Gasteiger partial charge in [-0.05, 0) is 19.8 Å². The lowest BCUT2D eigenvalue weighted by Gasteiger charge is -2.29. The van der Waals surface area contributed by atoms with E-state index in [2.05, 4.69) is 0 Å². The third-order valence-corrected chi connectivity index (χ3v) is 4.39. The third kappa shape index (κ3) is 2.45. The number of primary amides is 1. The summed E-state index contributed by atoms with van der Waals surface area (Å²) < 4.78 is 24.4. The molecule has 1 aliphatic heterocycles. The lowest BCUT2D eigenvalue weighted by molar-refractivity contribution is -0.122. The maximum Gasteiger partial charge on any atom is 0.221 e. The average molecular weight is 220 g/mol. The second kappa shape index (κ2) is 4.27. The Bertz CT molecular complexity index is 313. The minimum absolute atomic E-state index is 0.0818. The summed E-state index contributed by atoms with van der Waals surface area (Å²) in [7, 11) is -3.16. The predicted octanol–water partition coefficient (Wildman–Crippen LogP) is -0.467. The molecule has 1 saturated heterocycles. The molecule has 0 aliphatic carbocycles. The van der Waals surface area contributed by atoms with Crippen LogP contribution >= 0.6 is 0 Å². The number of carbonyl (C=O) groups excluding carboxylic acids is 1. The standard InChI is InChI=1S/C8H16N2O3S/c1-2-14(12,13)10-5-3-4-7(6-10)8(9)11/h7H,2-6H2,1H3,(H2,9,11)/t7-/m0/s1. The molecule has 82 valence electrons. The van der Waals surface area contributed by atoms with E-state index in [9.17, 15) is 13.2 Å². The van der Waals surface area contributed by atoms with E-state index in [-0.39, 0.29) is 18.2 Å². The number of rotatable bonds is 3. The van der Waals surface area contributed by atoms with Crippen LogP contribution in [0.4, 0.5) is 0 Å². The summed E-state index contributed by atoms with van der Waals surface area (Å²) in [4.78, 5) is 10.9. The van der Waals surface area contributed by atoms with Crippen LogP contribution < -0.4 is 5.73 Å². The molecule has 0 bridgehead atoms. The molecule has 1 heterocycles. The number of nitrogens with zero attached hydrogens (tertiary/aromatic N) is 1. The van der Waals surface area contributed by atoms with E-state index in [4.69, 9.17) is 5.73 Å². The van der Waals surface area contributed by atoms with Crippen molar-refractivity contribution in [1.29, 1.82) is 0 Å². The normalized spacial score (nSPS) is 24.8. The number of piperidine rings is 1. The predicted molar refractivity (Wildman–Crippen MR) is 53.0 cm³/mol. The van der Waals surface area contributed by atoms with Crippen molar-refractivity contribution < 1.29 is 13.2 Å². The topological polar surface area (TPSA) is 80.5 Å². The number of amides is 1. The van der Waals surface area contributed by atoms with Crippen molar-refractivity contribution in [2.24, 2.45) is 11.7 Å². The average Bonchev–Trinajstić information content (AvgIpc) is 2.18. The lowest BCUT2D eigenvalue weighted by Crippen LogP contribution is -2.44. The molecular formula is C8H16N2O3S. The van der Waals surface area contributed by atoms with Gasteiger partial charge in [-0.3, -0.25) is 4.79 Å². The largest absolute Gasteiger partial charge is 0.369 e. The zero-order valence-electron chi connectivity index (χ0n) is 8.27. The zero-order valence-corrected chi connectivity index (χ0v) is 9.09. The first-order valence-electron chi connectivity index (χ1n) is 4.74. The number of hydrogen-bond acceptors (Lipinski definition) is 3. The summed E-state index contributed by atoms with van der Waals surface area (Å²) in [5, 5.41) is 0. The number of carbonyl (C=O) groups is 1. The Morgan fingerprint density at radius 1 is 1.57 bits per heavy atom. The van der Waals surface area contributed by atoms with Crippen LogP contribution in [0.5, 0.6) is 0 Å². The monoisotopic (exact) mass is 220 g/mol. The molecule has 0 aromatic heterocycles. The van der Waals surface area contributed by atoms with Gasteiger partial charge in [0, 0.05) is 13.1 Å². The van der Waals surface area contributed by atoms with E-state index in [0.29, 0.717) is 19.4 Å². The second-order valence-electron chi connectivity index (χ2n) is 3.50. The van der Waals surface area contributed by atoms with E-state index in [1.807, 2.05) is 0 Å². The van der Waals surface area contributed by atoms with Gasteiger partial charge in [-0.25, -0.2) is 12.7 Å². The molecule has 1 rings (SSSR count). The van der Waals surface area contributed by atoms with Crippen molar-refractivity contribution in [2.45, 2.75) is 19.8 Å². The fraction of sp³-hybridized carbons (Fsp3) is 0.875. The fourth-order valence-corrected chi connectivity index (χ4v) is 2.79. The van der Waals surface area contributed by atoms with E-state index in [0.717, 1.165) is 0 Å². The molecule has 0 aromatic carbocycles. The molecular weight excluding hydrogens is 204 g/mol. The first kappa shape index (κ1) is 11.5. The summed E-state index contributed by atoms with van der Waals surface area (Å²) in [6, 6.07) is 0. The van der Waals surface area contributed by atoms with Gasteiger partial charge in [0.25, 0.3) is 0 Å². The Morgan fingerprint density at radius 2 is 2.21 bits per heavy atom. The van der Waals surface area contributed by atoms with Gasteiger partial charge in [-0.2, -0.15) is 0 Å². The van der Waals surface area contributed by atoms with Crippen molar-refractivity contribution in [1.82, 2.24) is 4.31 Å². The first-order valence-corrected chi connectivity index (χ1v) is 6.35. The molecule has 0 radical (unpaired) electrons. The van der Waals surface area contributed by atoms with Gasteiger partial charge >= 0.3 is 0 Å². The molecule has 14 heavy (non-hydrogen) atoms. The lowest BCUT2D eigenvalue weighted by atomic mass is 9.99. The van der Waals surface area contributed by atoms with Crippen LogP contribution in [0.25, 0.3) is 0 Å². The van der Waals surface area contributed by atoms with Gasteiger partial charge in [-0.15, -0.1) is 0 Å². The zero-order chi connectivity index (χ0) is 10.8. The van der Waals surface area contributed by atoms with Crippen molar-refractivity contribution in [3.05, 3.63) is 0 Å². The van der Waals surface area contributed by atoms with Crippen molar-refractivity contribution in [3.63, 3.8) is 0 Å². The molecule has 0 spiro atoms. The van der Waals surface area contributed by atoms with Crippen molar-refractivity contribution in [3.8, 4) is 0 Å². The van der Waals surface area contributed by atoms with E-state index in [1.54, 1.807) is 6.92 Å². The summed E-state index contributed by atoms with van der Waals surface area (Å²) >= 11 is 0. The number of sulfonamides is 1. The molecule has 0 unspecified atom stereocenters. The van der Waals surface area contributed by atoms with Crippen LogP contribution in [0.3, 0.4) is 0 Å². The van der Waals surface area contributed by atoms with Crippen LogP contribution in [0, 0.1) is 5.92 Å². The maximum atomic E-state index is 11.5. The molecule has 1 atom stereocenters. The van der Waals surface area contributed by atoms with Crippen LogP contribution in [-0.4, -0.2) is 37.5 Å². The van der Waals surface area contributed by atoms with Gasteiger partial charge < -0.3 is 5.73 Å². The SMILES string of the molecule is CCS(=O)(=O)N1CCC[C@H](C(N)=O)C1. The van der Waals surface area contributed by atoms with Crippen LogP contribution in [0.1, 0.15) is 19.8 Å². The summed E-state index contributed by atoms with van der Waals surface area (Å²) in [6.45, 7) is 2.37. The van der Waals surface area contributed by atoms with Gasteiger partial charge in [0.05, 0.1) is 11.7 Å². The van der Waals surface area contributed by atoms with Crippen LogP contribution in [-0.2, 0) is 14.8 Å². The van der Waals surface area contributed by atoms with Crippen LogP contribution in [0.15, 0.2) is 0 Å². The molecule has 0 aromatic rings. The molecule has 5 nitrogen and oxygen atoms in total. The maximum absolute atomic E-state index is 11.5. The Balaban J connectivity index is 2.70. The van der Waals surface area contributed by atoms with Crippen molar-refractivity contribution >= 4 is 15.9 Å². The fourth-order valence-electron chi connectivity index (χ4n) is 1.61. The minimum Gasteiger partial charge on any atom is -0.369 e. The number of nitrogens with two attached hydrogens (primary N) is 1. The highest BCUT2D eigenvalue weighted by molar-refractivity contribution is 7.89. The smallest absolute Gasteiger partial charge is 0.221 e. The summed E-state index contributed by atoms with van der Waals surface area (Å²) in [5.41, 5.74) is 5.15. The summed E-state index contributed by atoms with van der Waals surface area (Å²) in [6.07, 6.45) is 1.41. The Hall–Kier alpha value is -0.620. The molecule has 0 saturated carbocycles. The van der Waals surface area contributed by atoms with Gasteiger partial charge in [0.1, 0.15) is 0 Å². The molecule has 2 N–H and O–H groups in total. The summed E-state index contributed by atoms with van der Waals surface area (Å²) in [5.74, 6) is -0.635. The third-order valence-electron chi connectivity index (χ3n) is 2.54. The van der Waals surface area contributed by atoms with Gasteiger partial charge in [0.2, 0.25) is 15.9 Å². The van der Waals surface area contributed by atoms with E-state index >= 15 is 0 Å². The van der Waals surface area contributed by atoms with Crippen molar-refractivity contribution in [2.75, 3.05) is 18.8 Å². The first-order chi connectivity index (χ1) is 6.47. The quantitative estimate of drug-likeness (QED) is 0.698. The Morgan fingerprint density at radius 3 is 2.71 bits per heavy atom. The molecule has 1 aliphatic rings. The van der Waals surface area contributed by atoms with E-state index < -0.39 is 15.9 Å². The van der Waals surface area contributed by atoms with E-state index in [1.165, 1.54) is 4.31 Å². The van der Waals surface area contributed by atoms with Crippen LogP contribution in [0.2, 0.25) is 0 Å². The molecule has 6 heteroatoms. The van der Waals surface area contributed by atoms with Gasteiger partial charge in [0.15, 0.2) is 0 Å². The highest BCUT2D eigenvalue weighted by atomic mass is 32.2.